The van der Waals surface area contributed by atoms with Gasteiger partial charge in [-0.05, 0) is 87.0 Å². The average Bonchev–Trinajstić information content (AvgIpc) is 3.56. The number of aromatic nitrogens is 1. The molecule has 0 aliphatic carbocycles. The number of carbonyl (C=O) groups excluding carboxylic acids is 5. The molecule has 13 nitrogen and oxygen atoms in total. The molecule has 2 aliphatic rings. The second-order valence-corrected chi connectivity index (χ2v) is 13.6. The monoisotopic (exact) mass is 731 g/mol. The number of esters is 2. The van der Waals surface area contributed by atoms with E-state index in [1.165, 1.54) is 47.0 Å². The van der Waals surface area contributed by atoms with E-state index in [0.29, 0.717) is 26.7 Å². The number of imide groups is 1. The maximum Gasteiger partial charge on any atom is 0.338 e. The minimum absolute atomic E-state index is 0.114. The van der Waals surface area contributed by atoms with Gasteiger partial charge in [0.25, 0.3) is 0 Å². The van der Waals surface area contributed by atoms with E-state index in [-0.39, 0.29) is 49.1 Å². The summed E-state index contributed by atoms with van der Waals surface area (Å²) in [5.41, 5.74) is 1.77. The van der Waals surface area contributed by atoms with Gasteiger partial charge in [-0.2, -0.15) is 0 Å². The summed E-state index contributed by atoms with van der Waals surface area (Å²) in [6.07, 6.45) is 0. The summed E-state index contributed by atoms with van der Waals surface area (Å²) in [4.78, 5) is 80.5. The Labute approximate surface area is 300 Å². The number of thiazole rings is 1. The van der Waals surface area contributed by atoms with Crippen LogP contribution in [0.1, 0.15) is 57.8 Å². The normalized spacial score (nSPS) is 17.8. The summed E-state index contributed by atoms with van der Waals surface area (Å²) < 4.78 is 17.0. The van der Waals surface area contributed by atoms with Crippen molar-refractivity contribution >= 4 is 64.1 Å². The van der Waals surface area contributed by atoms with Crippen molar-refractivity contribution in [3.05, 3.63) is 98.0 Å². The van der Waals surface area contributed by atoms with Crippen LogP contribution in [-0.2, 0) is 30.4 Å². The summed E-state index contributed by atoms with van der Waals surface area (Å²) in [6.45, 7) is 5.43. The number of carbonyl (C=O) groups is 5. The van der Waals surface area contributed by atoms with Crippen molar-refractivity contribution < 1.29 is 43.3 Å². The number of benzene rings is 3. The number of hydrogen-bond donors (Lipinski definition) is 2. The molecule has 3 atom stereocenters. The Morgan fingerprint density at radius 1 is 0.824 bits per heavy atom. The van der Waals surface area contributed by atoms with Gasteiger partial charge in [0.2, 0.25) is 17.7 Å². The zero-order valence-electron chi connectivity index (χ0n) is 27.7. The van der Waals surface area contributed by atoms with E-state index in [1.807, 2.05) is 0 Å². The average molecular weight is 732 g/mol. The Hall–Kier alpha value is -5.41. The second kappa shape index (κ2) is 14.8. The van der Waals surface area contributed by atoms with Gasteiger partial charge < -0.3 is 24.6 Å². The molecule has 2 N–H and O–H groups in total. The van der Waals surface area contributed by atoms with Crippen molar-refractivity contribution in [2.75, 3.05) is 30.0 Å². The van der Waals surface area contributed by atoms with Crippen molar-refractivity contribution in [2.45, 2.75) is 43.5 Å². The summed E-state index contributed by atoms with van der Waals surface area (Å²) in [6, 6.07) is 16.7. The summed E-state index contributed by atoms with van der Waals surface area (Å²) in [5, 5.41) is 12.6. The predicted octanol–water partition coefficient (Wildman–Crippen LogP) is 4.80. The molecule has 1 fully saturated rings. The van der Waals surface area contributed by atoms with Crippen LogP contribution in [0, 0.1) is 5.92 Å². The van der Waals surface area contributed by atoms with Gasteiger partial charge in [0.15, 0.2) is 11.5 Å². The number of fused-ring (bicyclic) bond motifs is 2. The van der Waals surface area contributed by atoms with Crippen LogP contribution >= 0.6 is 23.1 Å². The first-order chi connectivity index (χ1) is 24.6. The minimum atomic E-state index is -0.970. The molecule has 264 valence electrons. The molecule has 1 aromatic heterocycles. The molecular weight excluding hydrogens is 699 g/mol. The maximum atomic E-state index is 14.3. The first kappa shape index (κ1) is 35.4. The van der Waals surface area contributed by atoms with Crippen molar-refractivity contribution in [2.24, 2.45) is 5.92 Å². The summed E-state index contributed by atoms with van der Waals surface area (Å²) in [5.74, 6) is -4.26. The van der Waals surface area contributed by atoms with E-state index < -0.39 is 51.6 Å². The van der Waals surface area contributed by atoms with Crippen molar-refractivity contribution in [1.29, 1.82) is 0 Å². The second-order valence-electron chi connectivity index (χ2n) is 11.5. The zero-order chi connectivity index (χ0) is 36.4. The lowest BCUT2D eigenvalue weighted by Crippen LogP contribution is -2.33. The van der Waals surface area contributed by atoms with Gasteiger partial charge in [0.1, 0.15) is 11.8 Å². The highest BCUT2D eigenvalue weighted by atomic mass is 32.2. The molecule has 3 aromatic carbocycles. The molecule has 0 bridgehead atoms. The van der Waals surface area contributed by atoms with Crippen LogP contribution in [0.25, 0.3) is 0 Å². The van der Waals surface area contributed by atoms with E-state index >= 15 is 0 Å². The molecule has 3 amide bonds. The van der Waals surface area contributed by atoms with Crippen molar-refractivity contribution in [3.8, 4) is 11.5 Å². The Bertz CT molecular complexity index is 2070. The SMILES string of the molecule is CCOC(=O)c1ccc(NC(=O)Cn2c3c(sc2=O)[C@@H](c2ccc(O)c(OCC)c2)C2C(=O)N(c4ccc(C(=O)OCC)cc4)C(=O)C2S3)cc1. The number of anilines is 2. The van der Waals surface area contributed by atoms with Gasteiger partial charge in [0, 0.05) is 16.5 Å². The topological polar surface area (TPSA) is 171 Å². The molecule has 0 radical (unpaired) electrons. The number of nitrogens with zero attached hydrogens (tertiary/aromatic N) is 2. The molecule has 6 rings (SSSR count). The molecule has 4 aromatic rings. The number of phenolic OH excluding ortho intramolecular Hbond substituents is 1. The number of amides is 3. The first-order valence-electron chi connectivity index (χ1n) is 16.1. The number of thioether (sulfide) groups is 1. The molecule has 1 saturated heterocycles. The Kier molecular flexibility index (Phi) is 10.3. The third kappa shape index (κ3) is 6.86. The number of ether oxygens (including phenoxy) is 3. The van der Waals surface area contributed by atoms with E-state index in [0.717, 1.165) is 28.0 Å². The van der Waals surface area contributed by atoms with Crippen LogP contribution in [0.5, 0.6) is 11.5 Å². The zero-order valence-corrected chi connectivity index (χ0v) is 29.4. The van der Waals surface area contributed by atoms with E-state index in [9.17, 15) is 33.9 Å². The molecule has 3 heterocycles. The number of rotatable bonds is 11. The Morgan fingerprint density at radius 3 is 2.06 bits per heavy atom. The summed E-state index contributed by atoms with van der Waals surface area (Å²) >= 11 is 1.93. The van der Waals surface area contributed by atoms with Gasteiger partial charge in [-0.15, -0.1) is 0 Å². The lowest BCUT2D eigenvalue weighted by molar-refractivity contribution is -0.122. The standard InChI is InChI=1S/C36H33N3O10S2/c1-4-47-25-17-21(11-16-24(25)40)27-28-29(32(43)39(31(28)42)23-14-9-20(10-15-23)35(45)49-6-3)50-33-30(27)51-36(46)38(33)18-26(41)37-22-12-7-19(8-13-22)34(44)48-5-2/h7-17,27-29,40H,4-6,18H2,1-3H3,(H,37,41)/t27-,28?,29?/m0/s1. The maximum absolute atomic E-state index is 14.3. The van der Waals surface area contributed by atoms with Gasteiger partial charge in [-0.25, -0.2) is 14.5 Å². The number of nitrogens with one attached hydrogen (secondary N) is 1. The van der Waals surface area contributed by atoms with Crippen LogP contribution in [0.2, 0.25) is 0 Å². The van der Waals surface area contributed by atoms with Crippen LogP contribution in [-0.4, -0.2) is 64.4 Å². The fourth-order valence-electron chi connectivity index (χ4n) is 6.07. The number of aromatic hydroxyl groups is 1. The molecule has 0 spiro atoms. The van der Waals surface area contributed by atoms with E-state index in [4.69, 9.17) is 14.2 Å². The summed E-state index contributed by atoms with van der Waals surface area (Å²) in [7, 11) is 0. The number of hydrogen-bond acceptors (Lipinski definition) is 12. The van der Waals surface area contributed by atoms with E-state index in [2.05, 4.69) is 5.32 Å². The van der Waals surface area contributed by atoms with Gasteiger partial charge in [0.05, 0.1) is 47.6 Å². The molecule has 51 heavy (non-hydrogen) atoms. The molecular formula is C36H33N3O10S2. The predicted molar refractivity (Wildman–Crippen MR) is 189 cm³/mol. The molecule has 0 saturated carbocycles. The van der Waals surface area contributed by atoms with Crippen molar-refractivity contribution in [1.82, 2.24) is 4.57 Å². The lowest BCUT2D eigenvalue weighted by atomic mass is 9.83. The molecule has 2 unspecified atom stereocenters. The highest BCUT2D eigenvalue weighted by Gasteiger charge is 2.57. The first-order valence-corrected chi connectivity index (χ1v) is 17.8. The minimum Gasteiger partial charge on any atom is -0.504 e. The third-order valence-electron chi connectivity index (χ3n) is 8.31. The van der Waals surface area contributed by atoms with Gasteiger partial charge in [-0.1, -0.05) is 29.2 Å². The number of phenols is 1. The van der Waals surface area contributed by atoms with Gasteiger partial charge >= 0.3 is 16.8 Å². The van der Waals surface area contributed by atoms with Crippen molar-refractivity contribution in [3.63, 3.8) is 0 Å². The molecule has 2 aliphatic heterocycles. The lowest BCUT2D eigenvalue weighted by Gasteiger charge is -2.31. The smallest absolute Gasteiger partial charge is 0.338 e. The third-order valence-corrected chi connectivity index (χ3v) is 10.9. The molecule has 15 heteroatoms. The highest BCUT2D eigenvalue weighted by molar-refractivity contribution is 8.00. The Balaban J connectivity index is 1.35. The van der Waals surface area contributed by atoms with Crippen LogP contribution in [0.4, 0.5) is 11.4 Å². The van der Waals surface area contributed by atoms with E-state index in [1.54, 1.807) is 45.0 Å². The van der Waals surface area contributed by atoms with Crippen LogP contribution in [0.3, 0.4) is 0 Å². The fraction of sp³-hybridized carbons (Fsp3) is 0.278. The fourth-order valence-corrected chi connectivity index (χ4v) is 8.85. The van der Waals surface area contributed by atoms with Crippen LogP contribution < -0.4 is 19.8 Å². The highest BCUT2D eigenvalue weighted by Crippen LogP contribution is 2.54. The Morgan fingerprint density at radius 2 is 1.45 bits per heavy atom. The quantitative estimate of drug-likeness (QED) is 0.160. The van der Waals surface area contributed by atoms with Crippen LogP contribution in [0.15, 0.2) is 76.6 Å². The van der Waals surface area contributed by atoms with Gasteiger partial charge in [-0.3, -0.25) is 23.7 Å². The largest absolute Gasteiger partial charge is 0.504 e.